The summed E-state index contributed by atoms with van der Waals surface area (Å²) in [6.45, 7) is 3.43. The first-order valence-electron chi connectivity index (χ1n) is 11.5. The number of fused-ring (bicyclic) bond motifs is 9. The van der Waals surface area contributed by atoms with Gasteiger partial charge in [-0.3, -0.25) is 19.3 Å². The van der Waals surface area contributed by atoms with Gasteiger partial charge < -0.3 is 15.2 Å². The summed E-state index contributed by atoms with van der Waals surface area (Å²) in [6, 6.07) is 5.81. The molecule has 2 aliphatic heterocycles. The molecule has 1 aromatic heterocycles. The molecule has 34 heavy (non-hydrogen) atoms. The van der Waals surface area contributed by atoms with Crippen LogP contribution >= 0.6 is 23.1 Å². The summed E-state index contributed by atoms with van der Waals surface area (Å²) in [5.41, 5.74) is 0.966. The van der Waals surface area contributed by atoms with E-state index in [-0.39, 0.29) is 57.3 Å². The molecule has 2 amide bonds. The van der Waals surface area contributed by atoms with Crippen LogP contribution in [0.5, 0.6) is 5.75 Å². The van der Waals surface area contributed by atoms with Crippen molar-refractivity contribution >= 4 is 40.9 Å². The number of phenols is 1. The highest BCUT2D eigenvalue weighted by molar-refractivity contribution is 8.00. The van der Waals surface area contributed by atoms with E-state index in [0.29, 0.717) is 0 Å². The third-order valence-electron chi connectivity index (χ3n) is 8.17. The van der Waals surface area contributed by atoms with Gasteiger partial charge in [-0.25, -0.2) is 4.79 Å². The lowest BCUT2D eigenvalue weighted by molar-refractivity contribution is -0.157. The van der Waals surface area contributed by atoms with Gasteiger partial charge in [0.1, 0.15) is 11.8 Å². The number of nitrogens with one attached hydrogen (secondary N) is 1. The Morgan fingerprint density at radius 2 is 1.74 bits per heavy atom. The van der Waals surface area contributed by atoms with Gasteiger partial charge >= 0.3 is 10.8 Å². The number of imide groups is 1. The van der Waals surface area contributed by atoms with E-state index in [0.717, 1.165) is 26.8 Å². The van der Waals surface area contributed by atoms with Crippen molar-refractivity contribution in [2.24, 2.45) is 35.5 Å². The summed E-state index contributed by atoms with van der Waals surface area (Å²) in [7, 11) is 0. The van der Waals surface area contributed by atoms with Crippen LogP contribution in [0.3, 0.4) is 0 Å². The van der Waals surface area contributed by atoms with E-state index in [1.165, 1.54) is 11.3 Å². The number of hydrogen-bond acceptors (Lipinski definition) is 7. The zero-order valence-electron chi connectivity index (χ0n) is 18.5. The van der Waals surface area contributed by atoms with E-state index < -0.39 is 23.8 Å². The lowest BCUT2D eigenvalue weighted by atomic mass is 9.68. The second kappa shape index (κ2) is 7.45. The van der Waals surface area contributed by atoms with Gasteiger partial charge in [0.2, 0.25) is 11.8 Å². The van der Waals surface area contributed by atoms with Crippen LogP contribution < -0.4 is 4.87 Å². The van der Waals surface area contributed by atoms with Crippen molar-refractivity contribution in [2.75, 3.05) is 0 Å². The van der Waals surface area contributed by atoms with Crippen molar-refractivity contribution in [3.8, 4) is 5.75 Å². The molecule has 10 heteroatoms. The number of phenolic OH excluding ortho intramolecular Hbond substituents is 1. The molecule has 0 spiro atoms. The molecule has 1 saturated heterocycles. The number of nitrogens with zero attached hydrogens (tertiary/aromatic N) is 1. The van der Waals surface area contributed by atoms with Crippen LogP contribution in [0.15, 0.2) is 34.1 Å². The molecule has 2 aromatic rings. The van der Waals surface area contributed by atoms with E-state index in [1.807, 2.05) is 12.1 Å². The number of carboxylic acid groups (broad SMARTS) is 1. The number of aromatic amines is 1. The summed E-state index contributed by atoms with van der Waals surface area (Å²) in [5, 5.41) is 20.5. The van der Waals surface area contributed by atoms with Crippen LogP contribution in [0.1, 0.15) is 36.6 Å². The van der Waals surface area contributed by atoms with Gasteiger partial charge in [0.05, 0.1) is 16.9 Å². The Bertz CT molecular complexity index is 1270. The van der Waals surface area contributed by atoms with Crippen LogP contribution in [-0.2, 0) is 14.4 Å². The van der Waals surface area contributed by atoms with Gasteiger partial charge in [-0.05, 0) is 47.8 Å². The average Bonchev–Trinajstić information content (AvgIpc) is 3.49. The fourth-order valence-corrected chi connectivity index (χ4v) is 9.95. The first kappa shape index (κ1) is 21.9. The van der Waals surface area contributed by atoms with Crippen LogP contribution in [-0.4, -0.2) is 49.2 Å². The number of amides is 2. The number of likely N-dealkylation sites (tertiary alicyclic amines) is 1. The summed E-state index contributed by atoms with van der Waals surface area (Å²) in [6.07, 6.45) is 0.746. The fraction of sp³-hybridized carbons (Fsp3) is 0.500. The Hall–Kier alpha value is -2.59. The number of benzene rings is 1. The summed E-state index contributed by atoms with van der Waals surface area (Å²) < 4.78 is 0. The molecule has 8 atom stereocenters. The number of aliphatic carboxylic acids is 1. The second-order valence-electron chi connectivity index (χ2n) is 10.1. The minimum absolute atomic E-state index is 0.0405. The first-order chi connectivity index (χ1) is 16.2. The molecule has 6 rings (SSSR count). The van der Waals surface area contributed by atoms with Crippen molar-refractivity contribution < 1.29 is 24.6 Å². The molecule has 2 aliphatic carbocycles. The third-order valence-corrected chi connectivity index (χ3v) is 10.8. The van der Waals surface area contributed by atoms with Gasteiger partial charge in [-0.1, -0.05) is 37.3 Å². The third kappa shape index (κ3) is 2.84. The lowest BCUT2D eigenvalue weighted by Crippen LogP contribution is -2.49. The number of thioether (sulfide) groups is 1. The largest absolute Gasteiger partial charge is 0.508 e. The number of H-pyrrole nitrogens is 1. The number of carbonyl (C=O) groups excluding carboxylic acids is 2. The average molecular weight is 501 g/mol. The van der Waals surface area contributed by atoms with Crippen LogP contribution in [0, 0.1) is 35.5 Å². The maximum atomic E-state index is 13.6. The molecule has 4 aliphatic rings. The second-order valence-corrected chi connectivity index (χ2v) is 12.3. The molecular formula is C24H24N2O6S2. The number of carboxylic acids is 1. The number of hydrogen-bond donors (Lipinski definition) is 3. The monoisotopic (exact) mass is 500 g/mol. The number of aromatic nitrogens is 1. The molecular weight excluding hydrogens is 476 g/mol. The highest BCUT2D eigenvalue weighted by Gasteiger charge is 2.70. The Morgan fingerprint density at radius 1 is 1.09 bits per heavy atom. The fourth-order valence-electron chi connectivity index (χ4n) is 7.06. The van der Waals surface area contributed by atoms with E-state index in [1.54, 1.807) is 37.7 Å². The van der Waals surface area contributed by atoms with Crippen molar-refractivity contribution in [2.45, 2.75) is 42.5 Å². The molecule has 3 heterocycles. The molecule has 178 valence electrons. The standard InChI is InChI=1S/C24H24N2O6S2/c1-8(2)17(23(30)31)26-21(28)15-11-7-12(16(15)22(26)29)18-14(11)13(9-3-5-10(27)6-4-9)19-20(33-18)25-24(32)34-19/h3-6,8,11-18,27H,7H2,1-2H3,(H,25,32)(H,30,31)/t11-,12-,13+,14-,15+,16-,17-,18-/m1/s1. The SMILES string of the molecule is CC(C)[C@H](C(=O)O)N1C(=O)[C@@H]2[C@H]3C[C@@H]([C@@H]2C1=O)[C@@H]1[C@H](c2ccc(O)cc2)c2sc(=O)[nH]c2S[C@H]31. The maximum absolute atomic E-state index is 13.6. The van der Waals surface area contributed by atoms with Crippen LogP contribution in [0.2, 0.25) is 0 Å². The van der Waals surface area contributed by atoms with Gasteiger partial charge in [0, 0.05) is 16.0 Å². The van der Waals surface area contributed by atoms with Gasteiger partial charge in [-0.15, -0.1) is 11.8 Å². The molecule has 0 radical (unpaired) electrons. The Labute approximate surface area is 203 Å². The number of thiazole rings is 1. The Kier molecular flexibility index (Phi) is 4.80. The Balaban J connectivity index is 1.44. The van der Waals surface area contributed by atoms with Gasteiger partial charge in [0.15, 0.2) is 0 Å². The van der Waals surface area contributed by atoms with Gasteiger partial charge in [-0.2, -0.15) is 0 Å². The first-order valence-corrected chi connectivity index (χ1v) is 13.2. The van der Waals surface area contributed by atoms with Crippen molar-refractivity contribution in [3.05, 3.63) is 44.4 Å². The molecule has 2 bridgehead atoms. The van der Waals surface area contributed by atoms with Crippen molar-refractivity contribution in [1.82, 2.24) is 9.88 Å². The molecule has 3 N–H and O–H groups in total. The summed E-state index contributed by atoms with van der Waals surface area (Å²) in [5.74, 6) is -3.32. The molecule has 1 aromatic carbocycles. The molecule has 0 unspecified atom stereocenters. The normalized spacial score (nSPS) is 34.3. The highest BCUT2D eigenvalue weighted by atomic mass is 32.2. The highest BCUT2D eigenvalue weighted by Crippen LogP contribution is 2.68. The smallest absolute Gasteiger partial charge is 0.327 e. The Morgan fingerprint density at radius 3 is 2.35 bits per heavy atom. The van der Waals surface area contributed by atoms with E-state index >= 15 is 0 Å². The molecule has 8 nitrogen and oxygen atoms in total. The predicted octanol–water partition coefficient (Wildman–Crippen LogP) is 2.72. The minimum atomic E-state index is -1.16. The van der Waals surface area contributed by atoms with Crippen LogP contribution in [0.25, 0.3) is 0 Å². The minimum Gasteiger partial charge on any atom is -0.508 e. The summed E-state index contributed by atoms with van der Waals surface area (Å²) >= 11 is 2.77. The number of carbonyl (C=O) groups is 3. The zero-order chi connectivity index (χ0) is 24.0. The number of aromatic hydroxyl groups is 1. The van der Waals surface area contributed by atoms with E-state index in [2.05, 4.69) is 4.98 Å². The molecule has 3 fully saturated rings. The van der Waals surface area contributed by atoms with Crippen molar-refractivity contribution in [3.63, 3.8) is 0 Å². The predicted molar refractivity (Wildman–Crippen MR) is 125 cm³/mol. The maximum Gasteiger partial charge on any atom is 0.327 e. The summed E-state index contributed by atoms with van der Waals surface area (Å²) in [4.78, 5) is 56.1. The molecule has 2 saturated carbocycles. The quantitative estimate of drug-likeness (QED) is 0.551. The topological polar surface area (TPSA) is 128 Å². The van der Waals surface area contributed by atoms with Gasteiger partial charge in [0.25, 0.3) is 0 Å². The van der Waals surface area contributed by atoms with E-state index in [4.69, 9.17) is 0 Å². The zero-order valence-corrected chi connectivity index (χ0v) is 20.1. The van der Waals surface area contributed by atoms with E-state index in [9.17, 15) is 29.4 Å². The lowest BCUT2D eigenvalue weighted by Gasteiger charge is -2.43. The van der Waals surface area contributed by atoms with Crippen LogP contribution in [0.4, 0.5) is 0 Å². The van der Waals surface area contributed by atoms with Crippen molar-refractivity contribution in [1.29, 1.82) is 0 Å². The number of rotatable bonds is 4.